The lowest BCUT2D eigenvalue weighted by molar-refractivity contribution is -0.120. The summed E-state index contributed by atoms with van der Waals surface area (Å²) < 4.78 is 18.7. The summed E-state index contributed by atoms with van der Waals surface area (Å²) in [6, 6.07) is 13.7. The minimum atomic E-state index is -0.469. The molecule has 0 bridgehead atoms. The summed E-state index contributed by atoms with van der Waals surface area (Å²) in [5, 5.41) is 0. The van der Waals surface area contributed by atoms with Crippen molar-refractivity contribution in [1.29, 1.82) is 0 Å². The van der Waals surface area contributed by atoms with E-state index in [1.165, 1.54) is 12.1 Å². The van der Waals surface area contributed by atoms with Crippen LogP contribution >= 0.6 is 0 Å². The largest absolute Gasteiger partial charge is 0.495 e. The van der Waals surface area contributed by atoms with Gasteiger partial charge in [0.15, 0.2) is 0 Å². The van der Waals surface area contributed by atoms with Gasteiger partial charge < -0.3 is 15.4 Å². The number of nitrogens with two attached hydrogens (primary N) is 1. The number of hydrogen-bond donors (Lipinski definition) is 1. The number of ether oxygens (including phenoxy) is 1. The minimum absolute atomic E-state index is 0.0607. The molecule has 1 aliphatic rings. The Labute approximate surface area is 170 Å². The van der Waals surface area contributed by atoms with Crippen LogP contribution in [0.5, 0.6) is 5.75 Å². The van der Waals surface area contributed by atoms with Crippen molar-refractivity contribution in [1.82, 2.24) is 4.90 Å². The lowest BCUT2D eigenvalue weighted by Gasteiger charge is -2.29. The maximum absolute atomic E-state index is 13.3. The van der Waals surface area contributed by atoms with E-state index < -0.39 is 5.91 Å². The summed E-state index contributed by atoms with van der Waals surface area (Å²) in [4.78, 5) is 28.2. The molecule has 1 heterocycles. The van der Waals surface area contributed by atoms with Gasteiger partial charge in [-0.15, -0.1) is 0 Å². The molecule has 1 fully saturated rings. The number of nitrogens with zero attached hydrogens (tertiary/aromatic N) is 2. The first-order valence-electron chi connectivity index (χ1n) is 9.71. The van der Waals surface area contributed by atoms with Crippen molar-refractivity contribution in [3.8, 4) is 5.75 Å². The van der Waals surface area contributed by atoms with E-state index in [0.717, 1.165) is 24.9 Å². The van der Waals surface area contributed by atoms with Crippen LogP contribution < -0.4 is 15.4 Å². The van der Waals surface area contributed by atoms with Crippen molar-refractivity contribution >= 4 is 17.5 Å². The summed E-state index contributed by atoms with van der Waals surface area (Å²) >= 11 is 0. The van der Waals surface area contributed by atoms with Gasteiger partial charge in [-0.3, -0.25) is 14.5 Å². The zero-order valence-electron chi connectivity index (χ0n) is 16.5. The molecule has 0 aromatic heterocycles. The summed E-state index contributed by atoms with van der Waals surface area (Å²) in [6.07, 6.45) is 1.94. The van der Waals surface area contributed by atoms with Crippen molar-refractivity contribution in [2.24, 2.45) is 5.73 Å². The molecular formula is C22H26FN3O3. The number of primary amides is 1. The number of anilines is 1. The van der Waals surface area contributed by atoms with Crippen LogP contribution in [0.4, 0.5) is 10.1 Å². The third-order valence-electron chi connectivity index (χ3n) is 5.22. The predicted molar refractivity (Wildman–Crippen MR) is 109 cm³/mol. The van der Waals surface area contributed by atoms with Gasteiger partial charge >= 0.3 is 0 Å². The van der Waals surface area contributed by atoms with Gasteiger partial charge in [0.05, 0.1) is 19.3 Å². The van der Waals surface area contributed by atoms with E-state index in [0.29, 0.717) is 11.4 Å². The third kappa shape index (κ3) is 5.12. The third-order valence-corrected chi connectivity index (χ3v) is 5.22. The highest BCUT2D eigenvalue weighted by atomic mass is 19.1. The van der Waals surface area contributed by atoms with Gasteiger partial charge in [0, 0.05) is 19.0 Å². The SMILES string of the molecule is COc1ccccc1N(CCC(N)=O)C(=O)CN1CCC[C@@H]1c1ccc(F)cc1. The van der Waals surface area contributed by atoms with Crippen molar-refractivity contribution in [2.75, 3.05) is 31.6 Å². The van der Waals surface area contributed by atoms with E-state index in [2.05, 4.69) is 4.90 Å². The van der Waals surface area contributed by atoms with E-state index in [1.54, 1.807) is 36.3 Å². The highest BCUT2D eigenvalue weighted by molar-refractivity contribution is 5.96. The number of benzene rings is 2. The van der Waals surface area contributed by atoms with Crippen LogP contribution in [0.3, 0.4) is 0 Å². The molecule has 7 heteroatoms. The molecule has 1 atom stereocenters. The summed E-state index contributed by atoms with van der Waals surface area (Å²) in [5.74, 6) is -0.321. The first-order chi connectivity index (χ1) is 14.0. The topological polar surface area (TPSA) is 75.9 Å². The molecule has 0 saturated carbocycles. The first kappa shape index (κ1) is 20.8. The molecular weight excluding hydrogens is 373 g/mol. The number of likely N-dealkylation sites (tertiary alicyclic amines) is 1. The number of carbonyl (C=O) groups excluding carboxylic acids is 2. The van der Waals surface area contributed by atoms with E-state index >= 15 is 0 Å². The van der Waals surface area contributed by atoms with Crippen LogP contribution in [0.2, 0.25) is 0 Å². The Hall–Kier alpha value is -2.93. The Balaban J connectivity index is 1.80. The quantitative estimate of drug-likeness (QED) is 0.741. The molecule has 0 radical (unpaired) electrons. The first-order valence-corrected chi connectivity index (χ1v) is 9.71. The molecule has 0 unspecified atom stereocenters. The highest BCUT2D eigenvalue weighted by Crippen LogP contribution is 2.33. The fraction of sp³-hybridized carbons (Fsp3) is 0.364. The second-order valence-corrected chi connectivity index (χ2v) is 7.11. The molecule has 2 amide bonds. The summed E-state index contributed by atoms with van der Waals surface area (Å²) in [6.45, 7) is 1.16. The van der Waals surface area contributed by atoms with Gasteiger partial charge in [-0.05, 0) is 49.2 Å². The Morgan fingerprint density at radius 1 is 1.21 bits per heavy atom. The van der Waals surface area contributed by atoms with Crippen molar-refractivity contribution in [3.05, 3.63) is 59.9 Å². The maximum atomic E-state index is 13.3. The highest BCUT2D eigenvalue weighted by Gasteiger charge is 2.30. The van der Waals surface area contributed by atoms with E-state index in [-0.39, 0.29) is 37.3 Å². The fourth-order valence-corrected chi connectivity index (χ4v) is 3.79. The van der Waals surface area contributed by atoms with Crippen molar-refractivity contribution in [3.63, 3.8) is 0 Å². The number of halogens is 1. The van der Waals surface area contributed by atoms with Crippen LogP contribution in [-0.2, 0) is 9.59 Å². The van der Waals surface area contributed by atoms with Gasteiger partial charge in [-0.1, -0.05) is 24.3 Å². The second kappa shape index (κ2) is 9.52. The van der Waals surface area contributed by atoms with E-state index in [4.69, 9.17) is 10.5 Å². The molecule has 1 aliphatic heterocycles. The number of para-hydroxylation sites is 2. The number of methoxy groups -OCH3 is 1. The summed E-state index contributed by atoms with van der Waals surface area (Å²) in [5.41, 5.74) is 6.92. The Kier molecular flexibility index (Phi) is 6.82. The maximum Gasteiger partial charge on any atom is 0.241 e. The zero-order chi connectivity index (χ0) is 20.8. The molecule has 29 heavy (non-hydrogen) atoms. The summed E-state index contributed by atoms with van der Waals surface area (Å²) in [7, 11) is 1.54. The smallest absolute Gasteiger partial charge is 0.241 e. The van der Waals surface area contributed by atoms with Crippen LogP contribution in [0, 0.1) is 5.82 Å². The fourth-order valence-electron chi connectivity index (χ4n) is 3.79. The van der Waals surface area contributed by atoms with Gasteiger partial charge in [-0.2, -0.15) is 0 Å². The number of rotatable bonds is 8. The van der Waals surface area contributed by atoms with Gasteiger partial charge in [0.1, 0.15) is 11.6 Å². The van der Waals surface area contributed by atoms with Gasteiger partial charge in [0.2, 0.25) is 11.8 Å². The number of amides is 2. The van der Waals surface area contributed by atoms with E-state index in [9.17, 15) is 14.0 Å². The second-order valence-electron chi connectivity index (χ2n) is 7.11. The van der Waals surface area contributed by atoms with Crippen LogP contribution in [-0.4, -0.2) is 43.5 Å². The molecule has 6 nitrogen and oxygen atoms in total. The molecule has 154 valence electrons. The van der Waals surface area contributed by atoms with Gasteiger partial charge in [0.25, 0.3) is 0 Å². The predicted octanol–water partition coefficient (Wildman–Crippen LogP) is 2.88. The number of hydrogen-bond acceptors (Lipinski definition) is 4. The van der Waals surface area contributed by atoms with Crippen LogP contribution in [0.1, 0.15) is 30.9 Å². The molecule has 2 aromatic carbocycles. The van der Waals surface area contributed by atoms with Crippen LogP contribution in [0.15, 0.2) is 48.5 Å². The molecule has 1 saturated heterocycles. The molecule has 2 aromatic rings. The van der Waals surface area contributed by atoms with Crippen molar-refractivity contribution < 1.29 is 18.7 Å². The molecule has 3 rings (SSSR count). The average molecular weight is 399 g/mol. The van der Waals surface area contributed by atoms with E-state index in [1.807, 2.05) is 12.1 Å². The van der Waals surface area contributed by atoms with Gasteiger partial charge in [-0.25, -0.2) is 4.39 Å². The Morgan fingerprint density at radius 3 is 2.62 bits per heavy atom. The standard InChI is InChI=1S/C22H26FN3O3/c1-29-20-7-3-2-5-19(20)26(14-12-21(24)27)22(28)15-25-13-4-6-18(25)16-8-10-17(23)11-9-16/h2-3,5,7-11,18H,4,6,12-15H2,1H3,(H2,24,27)/t18-/m1/s1. The normalized spacial score (nSPS) is 16.6. The van der Waals surface area contributed by atoms with Crippen molar-refractivity contribution in [2.45, 2.75) is 25.3 Å². The van der Waals surface area contributed by atoms with Crippen LogP contribution in [0.25, 0.3) is 0 Å². The average Bonchev–Trinajstić information content (AvgIpc) is 3.17. The molecule has 2 N–H and O–H groups in total. The Bertz CT molecular complexity index is 857. The zero-order valence-corrected chi connectivity index (χ0v) is 16.5. The molecule has 0 spiro atoms. The lowest BCUT2D eigenvalue weighted by Crippen LogP contribution is -2.41. The Morgan fingerprint density at radius 2 is 1.93 bits per heavy atom. The molecule has 0 aliphatic carbocycles. The number of carbonyl (C=O) groups is 2. The lowest BCUT2D eigenvalue weighted by atomic mass is 10.0. The minimum Gasteiger partial charge on any atom is -0.495 e. The monoisotopic (exact) mass is 399 g/mol.